The molecule has 0 aromatic heterocycles. The Morgan fingerprint density at radius 1 is 1.44 bits per heavy atom. The topological polar surface area (TPSA) is 50.4 Å². The molecule has 0 saturated carbocycles. The number of methoxy groups -OCH3 is 1. The molecule has 0 saturated heterocycles. The molecule has 0 heterocycles. The van der Waals surface area contributed by atoms with Gasteiger partial charge in [-0.05, 0) is 31.0 Å². The molecule has 1 aromatic carbocycles. The van der Waals surface area contributed by atoms with E-state index in [1.807, 2.05) is 6.92 Å². The summed E-state index contributed by atoms with van der Waals surface area (Å²) in [6.07, 6.45) is 0.779. The molecule has 0 aliphatic carbocycles. The summed E-state index contributed by atoms with van der Waals surface area (Å²) in [6.45, 7) is 3.20. The van der Waals surface area contributed by atoms with Gasteiger partial charge in [0, 0.05) is 25.9 Å². The molecule has 0 radical (unpaired) electrons. The number of carbonyl (C=O) groups excluding carboxylic acids is 1. The van der Waals surface area contributed by atoms with Gasteiger partial charge in [0.25, 0.3) is 0 Å². The smallest absolute Gasteiger partial charge is 0.239 e. The Hall–Kier alpha value is -1.62. The van der Waals surface area contributed by atoms with E-state index in [1.165, 1.54) is 12.1 Å². The second-order valence-electron chi connectivity index (χ2n) is 4.01. The number of rotatable bonds is 7. The second-order valence-corrected chi connectivity index (χ2v) is 4.01. The monoisotopic (exact) mass is 254 g/mol. The number of hydrogen-bond acceptors (Lipinski definition) is 3. The average Bonchev–Trinajstić information content (AvgIpc) is 2.36. The minimum absolute atomic E-state index is 0.116. The van der Waals surface area contributed by atoms with Crippen molar-refractivity contribution in [2.75, 3.05) is 32.1 Å². The Labute approximate surface area is 107 Å². The number of aryl methyl sites for hydroxylation is 1. The van der Waals surface area contributed by atoms with Crippen molar-refractivity contribution < 1.29 is 13.9 Å². The van der Waals surface area contributed by atoms with Crippen LogP contribution in [0.1, 0.15) is 12.0 Å². The van der Waals surface area contributed by atoms with Crippen LogP contribution in [0.4, 0.5) is 10.1 Å². The van der Waals surface area contributed by atoms with Crippen LogP contribution in [0, 0.1) is 12.7 Å². The molecule has 0 unspecified atom stereocenters. The van der Waals surface area contributed by atoms with Crippen LogP contribution in [0.3, 0.4) is 0 Å². The van der Waals surface area contributed by atoms with Crippen molar-refractivity contribution in [3.05, 3.63) is 29.6 Å². The van der Waals surface area contributed by atoms with Crippen molar-refractivity contribution in [1.29, 1.82) is 0 Å². The molecule has 100 valence electrons. The first kappa shape index (κ1) is 14.4. The van der Waals surface area contributed by atoms with Gasteiger partial charge in [0.15, 0.2) is 0 Å². The van der Waals surface area contributed by atoms with E-state index in [-0.39, 0.29) is 18.3 Å². The first-order valence-corrected chi connectivity index (χ1v) is 5.89. The zero-order chi connectivity index (χ0) is 13.4. The van der Waals surface area contributed by atoms with Gasteiger partial charge in [-0.2, -0.15) is 0 Å². The molecule has 0 spiro atoms. The van der Waals surface area contributed by atoms with Crippen molar-refractivity contribution in [2.24, 2.45) is 0 Å². The van der Waals surface area contributed by atoms with Gasteiger partial charge in [0.2, 0.25) is 5.91 Å². The fourth-order valence-electron chi connectivity index (χ4n) is 1.47. The maximum absolute atomic E-state index is 13.0. The number of amides is 1. The highest BCUT2D eigenvalue weighted by Crippen LogP contribution is 2.15. The van der Waals surface area contributed by atoms with Crippen molar-refractivity contribution in [3.8, 4) is 0 Å². The Kier molecular flexibility index (Phi) is 6.14. The van der Waals surface area contributed by atoms with Crippen molar-refractivity contribution in [1.82, 2.24) is 5.32 Å². The van der Waals surface area contributed by atoms with Crippen molar-refractivity contribution in [2.45, 2.75) is 13.3 Å². The lowest BCUT2D eigenvalue weighted by molar-refractivity contribution is -0.119. The molecule has 2 N–H and O–H groups in total. The molecule has 1 aromatic rings. The highest BCUT2D eigenvalue weighted by molar-refractivity contribution is 5.80. The maximum Gasteiger partial charge on any atom is 0.239 e. The second kappa shape index (κ2) is 7.66. The number of halogens is 1. The molecular formula is C13H19FN2O2. The van der Waals surface area contributed by atoms with Gasteiger partial charge in [-0.25, -0.2) is 4.39 Å². The molecule has 4 nitrogen and oxygen atoms in total. The van der Waals surface area contributed by atoms with E-state index in [2.05, 4.69) is 10.6 Å². The van der Waals surface area contributed by atoms with Crippen LogP contribution >= 0.6 is 0 Å². The molecule has 0 aliphatic rings. The van der Waals surface area contributed by atoms with Gasteiger partial charge in [0.05, 0.1) is 6.54 Å². The first-order valence-electron chi connectivity index (χ1n) is 5.89. The van der Waals surface area contributed by atoms with E-state index in [0.717, 1.165) is 12.0 Å². The van der Waals surface area contributed by atoms with Crippen LogP contribution in [0.25, 0.3) is 0 Å². The summed E-state index contributed by atoms with van der Waals surface area (Å²) >= 11 is 0. The zero-order valence-electron chi connectivity index (χ0n) is 10.8. The number of ether oxygens (including phenoxy) is 1. The van der Waals surface area contributed by atoms with Gasteiger partial charge in [0.1, 0.15) is 5.82 Å². The molecule has 1 rings (SSSR count). The fourth-order valence-corrected chi connectivity index (χ4v) is 1.47. The number of anilines is 1. The van der Waals surface area contributed by atoms with Crippen LogP contribution in [-0.4, -0.2) is 32.7 Å². The van der Waals surface area contributed by atoms with Gasteiger partial charge in [-0.3, -0.25) is 4.79 Å². The number of benzene rings is 1. The SMILES string of the molecule is COCCCNC(=O)CNc1cc(F)ccc1C. The minimum Gasteiger partial charge on any atom is -0.385 e. The Bertz CT molecular complexity index is 397. The fraction of sp³-hybridized carbons (Fsp3) is 0.462. The summed E-state index contributed by atoms with van der Waals surface area (Å²) in [5.74, 6) is -0.432. The molecule has 0 aliphatic heterocycles. The van der Waals surface area contributed by atoms with Crippen LogP contribution in [-0.2, 0) is 9.53 Å². The minimum atomic E-state index is -0.316. The highest BCUT2D eigenvalue weighted by Gasteiger charge is 2.03. The number of carbonyl (C=O) groups is 1. The largest absolute Gasteiger partial charge is 0.385 e. The van der Waals surface area contributed by atoms with Gasteiger partial charge in [-0.15, -0.1) is 0 Å². The van der Waals surface area contributed by atoms with Crippen LogP contribution in [0.2, 0.25) is 0 Å². The van der Waals surface area contributed by atoms with Crippen LogP contribution in [0.5, 0.6) is 0 Å². The summed E-state index contributed by atoms with van der Waals surface area (Å²) in [5, 5.41) is 5.66. The molecule has 5 heteroatoms. The molecular weight excluding hydrogens is 235 g/mol. The Morgan fingerprint density at radius 3 is 2.94 bits per heavy atom. The average molecular weight is 254 g/mol. The third-order valence-corrected chi connectivity index (χ3v) is 2.49. The molecule has 0 bridgehead atoms. The Balaban J connectivity index is 2.31. The molecule has 0 fully saturated rings. The van der Waals surface area contributed by atoms with E-state index in [0.29, 0.717) is 18.8 Å². The van der Waals surface area contributed by atoms with E-state index in [9.17, 15) is 9.18 Å². The van der Waals surface area contributed by atoms with E-state index in [4.69, 9.17) is 4.74 Å². The third-order valence-electron chi connectivity index (χ3n) is 2.49. The van der Waals surface area contributed by atoms with Gasteiger partial charge in [-0.1, -0.05) is 6.07 Å². The van der Waals surface area contributed by atoms with Crippen molar-refractivity contribution in [3.63, 3.8) is 0 Å². The normalized spacial score (nSPS) is 10.2. The summed E-state index contributed by atoms with van der Waals surface area (Å²) < 4.78 is 17.9. The van der Waals surface area contributed by atoms with E-state index < -0.39 is 0 Å². The third kappa shape index (κ3) is 5.14. The summed E-state index contributed by atoms with van der Waals surface area (Å²) in [6, 6.07) is 4.45. The van der Waals surface area contributed by atoms with Crippen molar-refractivity contribution >= 4 is 11.6 Å². The lowest BCUT2D eigenvalue weighted by Crippen LogP contribution is -2.31. The molecule has 18 heavy (non-hydrogen) atoms. The number of nitrogens with one attached hydrogen (secondary N) is 2. The summed E-state index contributed by atoms with van der Waals surface area (Å²) in [4.78, 5) is 11.5. The molecule has 1 amide bonds. The standard InChI is InChI=1S/C13H19FN2O2/c1-10-4-5-11(14)8-12(10)16-9-13(17)15-6-3-7-18-2/h4-5,8,16H,3,6-7,9H2,1-2H3,(H,15,17). The summed E-state index contributed by atoms with van der Waals surface area (Å²) in [7, 11) is 1.62. The molecule has 0 atom stereocenters. The van der Waals surface area contributed by atoms with Gasteiger partial charge >= 0.3 is 0 Å². The Morgan fingerprint density at radius 2 is 2.22 bits per heavy atom. The predicted molar refractivity (Wildman–Crippen MR) is 69.1 cm³/mol. The lowest BCUT2D eigenvalue weighted by Gasteiger charge is -2.10. The summed E-state index contributed by atoms with van der Waals surface area (Å²) in [5.41, 5.74) is 1.55. The predicted octanol–water partition coefficient (Wildman–Crippen LogP) is 1.70. The maximum atomic E-state index is 13.0. The van der Waals surface area contributed by atoms with Crippen LogP contribution < -0.4 is 10.6 Å². The van der Waals surface area contributed by atoms with E-state index >= 15 is 0 Å². The quantitative estimate of drug-likeness (QED) is 0.728. The van der Waals surface area contributed by atoms with Crippen LogP contribution in [0.15, 0.2) is 18.2 Å². The first-order chi connectivity index (χ1) is 8.63. The zero-order valence-corrected chi connectivity index (χ0v) is 10.8. The van der Waals surface area contributed by atoms with Gasteiger partial charge < -0.3 is 15.4 Å². The lowest BCUT2D eigenvalue weighted by atomic mass is 10.2. The van der Waals surface area contributed by atoms with E-state index in [1.54, 1.807) is 13.2 Å². The highest BCUT2D eigenvalue weighted by atomic mass is 19.1. The number of hydrogen-bond donors (Lipinski definition) is 2.